The summed E-state index contributed by atoms with van der Waals surface area (Å²) in [5, 5.41) is 14.2. The zero-order valence-corrected chi connectivity index (χ0v) is 13.3. The maximum Gasteiger partial charge on any atom is 0.243 e. The van der Waals surface area contributed by atoms with E-state index < -0.39 is 0 Å². The molecule has 0 radical (unpaired) electrons. The Kier molecular flexibility index (Phi) is 7.20. The molecule has 2 N–H and O–H groups in total. The van der Waals surface area contributed by atoms with Crippen LogP contribution in [0.2, 0.25) is 0 Å². The first kappa shape index (κ1) is 16.9. The van der Waals surface area contributed by atoms with Crippen molar-refractivity contribution in [3.8, 4) is 0 Å². The number of hydrogen-bond donors (Lipinski definition) is 2. The highest BCUT2D eigenvalue weighted by Gasteiger charge is 2.05. The molecule has 0 aliphatic carbocycles. The fraction of sp³-hybridized carbons (Fsp3) is 0.692. The standard InChI is InChI=1S/C13H25N7O/c1-5-11-18-17-10-20(11)8-7-15-13(14-6-2)16-9-12(21)19(3)4/h10H,5-9H2,1-4H3,(H2,14,15,16). The zero-order valence-electron chi connectivity index (χ0n) is 13.3. The Morgan fingerprint density at radius 1 is 1.38 bits per heavy atom. The first-order chi connectivity index (χ1) is 10.1. The predicted octanol–water partition coefficient (Wildman–Crippen LogP) is -0.516. The van der Waals surface area contributed by atoms with Gasteiger partial charge in [-0.05, 0) is 6.92 Å². The Labute approximate surface area is 125 Å². The van der Waals surface area contributed by atoms with Crippen LogP contribution in [0, 0.1) is 0 Å². The van der Waals surface area contributed by atoms with Crippen molar-refractivity contribution in [3.05, 3.63) is 12.2 Å². The van der Waals surface area contributed by atoms with E-state index in [0.29, 0.717) is 12.5 Å². The molecule has 21 heavy (non-hydrogen) atoms. The highest BCUT2D eigenvalue weighted by Crippen LogP contribution is 1.94. The van der Waals surface area contributed by atoms with E-state index in [9.17, 15) is 4.79 Å². The van der Waals surface area contributed by atoms with Crippen LogP contribution >= 0.6 is 0 Å². The molecule has 8 heteroatoms. The molecule has 0 unspecified atom stereocenters. The van der Waals surface area contributed by atoms with E-state index in [1.807, 2.05) is 18.4 Å². The van der Waals surface area contributed by atoms with E-state index in [0.717, 1.165) is 25.3 Å². The molecule has 0 aromatic carbocycles. The third kappa shape index (κ3) is 5.80. The number of amides is 1. The molecule has 0 atom stereocenters. The Hall–Kier alpha value is -2.12. The van der Waals surface area contributed by atoms with E-state index in [1.54, 1.807) is 20.4 Å². The first-order valence-electron chi connectivity index (χ1n) is 7.17. The minimum absolute atomic E-state index is 0.0284. The molecule has 1 heterocycles. The number of nitrogens with one attached hydrogen (secondary N) is 2. The second kappa shape index (κ2) is 8.93. The molecule has 1 amide bonds. The summed E-state index contributed by atoms with van der Waals surface area (Å²) in [6.45, 7) is 6.35. The van der Waals surface area contributed by atoms with Crippen LogP contribution in [0.3, 0.4) is 0 Å². The lowest BCUT2D eigenvalue weighted by atomic mass is 10.4. The number of rotatable bonds is 7. The summed E-state index contributed by atoms with van der Waals surface area (Å²) in [7, 11) is 3.44. The van der Waals surface area contributed by atoms with Crippen LogP contribution in [0.25, 0.3) is 0 Å². The summed E-state index contributed by atoms with van der Waals surface area (Å²) < 4.78 is 2.00. The summed E-state index contributed by atoms with van der Waals surface area (Å²) in [6.07, 6.45) is 2.58. The lowest BCUT2D eigenvalue weighted by Gasteiger charge is -2.13. The van der Waals surface area contributed by atoms with Gasteiger partial charge in [0.25, 0.3) is 0 Å². The number of aryl methyl sites for hydroxylation is 1. The highest BCUT2D eigenvalue weighted by atomic mass is 16.2. The van der Waals surface area contributed by atoms with Gasteiger partial charge in [-0.2, -0.15) is 0 Å². The van der Waals surface area contributed by atoms with Crippen LogP contribution in [-0.4, -0.2) is 65.3 Å². The molecule has 0 spiro atoms. The molecular weight excluding hydrogens is 270 g/mol. The van der Waals surface area contributed by atoms with Crippen molar-refractivity contribution in [2.24, 2.45) is 4.99 Å². The third-order valence-electron chi connectivity index (χ3n) is 2.87. The molecule has 0 saturated heterocycles. The van der Waals surface area contributed by atoms with Gasteiger partial charge in [-0.1, -0.05) is 6.92 Å². The maximum atomic E-state index is 11.5. The summed E-state index contributed by atoms with van der Waals surface area (Å²) in [5.41, 5.74) is 0. The number of aromatic nitrogens is 3. The van der Waals surface area contributed by atoms with Crippen LogP contribution in [-0.2, 0) is 17.8 Å². The van der Waals surface area contributed by atoms with Crippen molar-refractivity contribution >= 4 is 11.9 Å². The molecule has 1 aromatic rings. The fourth-order valence-electron chi connectivity index (χ4n) is 1.66. The van der Waals surface area contributed by atoms with Crippen molar-refractivity contribution in [1.29, 1.82) is 0 Å². The van der Waals surface area contributed by atoms with Gasteiger partial charge in [-0.25, -0.2) is 4.99 Å². The lowest BCUT2D eigenvalue weighted by Crippen LogP contribution is -2.39. The van der Waals surface area contributed by atoms with E-state index in [1.165, 1.54) is 4.90 Å². The van der Waals surface area contributed by atoms with Crippen LogP contribution in [0.1, 0.15) is 19.7 Å². The predicted molar refractivity (Wildman–Crippen MR) is 82.1 cm³/mol. The lowest BCUT2D eigenvalue weighted by molar-refractivity contribution is -0.127. The zero-order chi connectivity index (χ0) is 15.7. The van der Waals surface area contributed by atoms with Crippen molar-refractivity contribution in [3.63, 3.8) is 0 Å². The third-order valence-corrected chi connectivity index (χ3v) is 2.87. The Bertz CT molecular complexity index is 467. The summed E-state index contributed by atoms with van der Waals surface area (Å²) in [5.74, 6) is 1.57. The van der Waals surface area contributed by atoms with Gasteiger partial charge in [0.05, 0.1) is 0 Å². The fourth-order valence-corrected chi connectivity index (χ4v) is 1.66. The summed E-state index contributed by atoms with van der Waals surface area (Å²) in [4.78, 5) is 17.3. The summed E-state index contributed by atoms with van der Waals surface area (Å²) >= 11 is 0. The van der Waals surface area contributed by atoms with Crippen LogP contribution in [0.5, 0.6) is 0 Å². The largest absolute Gasteiger partial charge is 0.357 e. The smallest absolute Gasteiger partial charge is 0.243 e. The van der Waals surface area contributed by atoms with Gasteiger partial charge >= 0.3 is 0 Å². The molecule has 0 fully saturated rings. The number of likely N-dealkylation sites (N-methyl/N-ethyl adjacent to an activating group) is 1. The molecule has 0 aliphatic rings. The number of carbonyl (C=O) groups is 1. The van der Waals surface area contributed by atoms with Crippen molar-refractivity contribution in [1.82, 2.24) is 30.3 Å². The number of aliphatic imine (C=N–C) groups is 1. The second-order valence-electron chi connectivity index (χ2n) is 4.70. The number of carbonyl (C=O) groups excluding carboxylic acids is 1. The number of guanidine groups is 1. The average Bonchev–Trinajstić information content (AvgIpc) is 2.91. The monoisotopic (exact) mass is 295 g/mol. The van der Waals surface area contributed by atoms with Gasteiger partial charge in [-0.3, -0.25) is 4.79 Å². The quantitative estimate of drug-likeness (QED) is 0.522. The molecule has 0 saturated carbocycles. The summed E-state index contributed by atoms with van der Waals surface area (Å²) in [6, 6.07) is 0. The maximum absolute atomic E-state index is 11.5. The number of hydrogen-bond acceptors (Lipinski definition) is 4. The van der Waals surface area contributed by atoms with E-state index in [-0.39, 0.29) is 12.5 Å². The van der Waals surface area contributed by atoms with Gasteiger partial charge in [0.2, 0.25) is 5.91 Å². The number of nitrogens with zero attached hydrogens (tertiary/aromatic N) is 5. The van der Waals surface area contributed by atoms with E-state index in [2.05, 4.69) is 25.8 Å². The van der Waals surface area contributed by atoms with Crippen LogP contribution in [0.15, 0.2) is 11.3 Å². The van der Waals surface area contributed by atoms with Gasteiger partial charge in [-0.15, -0.1) is 10.2 Å². The van der Waals surface area contributed by atoms with Crippen molar-refractivity contribution < 1.29 is 4.79 Å². The van der Waals surface area contributed by atoms with Crippen LogP contribution in [0.4, 0.5) is 0 Å². The minimum Gasteiger partial charge on any atom is -0.357 e. The van der Waals surface area contributed by atoms with E-state index >= 15 is 0 Å². The molecule has 1 rings (SSSR count). The minimum atomic E-state index is -0.0284. The van der Waals surface area contributed by atoms with Gasteiger partial charge in [0, 0.05) is 40.2 Å². The van der Waals surface area contributed by atoms with E-state index in [4.69, 9.17) is 0 Å². The first-order valence-corrected chi connectivity index (χ1v) is 7.17. The van der Waals surface area contributed by atoms with Gasteiger partial charge in [0.1, 0.15) is 18.7 Å². The van der Waals surface area contributed by atoms with Gasteiger partial charge in [0.15, 0.2) is 5.96 Å². The van der Waals surface area contributed by atoms with Crippen LogP contribution < -0.4 is 10.6 Å². The molecule has 0 aliphatic heterocycles. The molecule has 8 nitrogen and oxygen atoms in total. The normalized spacial score (nSPS) is 11.3. The SMILES string of the molecule is CCNC(=NCC(=O)N(C)C)NCCn1cnnc1CC. The molecule has 1 aromatic heterocycles. The molecule has 118 valence electrons. The van der Waals surface area contributed by atoms with Crippen molar-refractivity contribution in [2.45, 2.75) is 26.8 Å². The van der Waals surface area contributed by atoms with Gasteiger partial charge < -0.3 is 20.1 Å². The Morgan fingerprint density at radius 3 is 2.76 bits per heavy atom. The topological polar surface area (TPSA) is 87.4 Å². The Balaban J connectivity index is 2.47. The average molecular weight is 295 g/mol. The highest BCUT2D eigenvalue weighted by molar-refractivity contribution is 5.84. The Morgan fingerprint density at radius 2 is 2.14 bits per heavy atom. The molecule has 0 bridgehead atoms. The molecular formula is C13H25N7O. The second-order valence-corrected chi connectivity index (χ2v) is 4.70. The van der Waals surface area contributed by atoms with Crippen molar-refractivity contribution in [2.75, 3.05) is 33.7 Å².